The third-order valence-electron chi connectivity index (χ3n) is 4.06. The number of rotatable bonds is 4. The van der Waals surface area contributed by atoms with Crippen LogP contribution in [0.4, 0.5) is 0 Å². The smallest absolute Gasteiger partial charge is 0.0328 e. The highest BCUT2D eigenvalue weighted by Crippen LogP contribution is 2.37. The Kier molecular flexibility index (Phi) is 4.60. The summed E-state index contributed by atoms with van der Waals surface area (Å²) in [5.41, 5.74) is 6.28. The predicted molar refractivity (Wildman–Crippen MR) is 66.9 cm³/mol. The largest absolute Gasteiger partial charge is 0.329 e. The van der Waals surface area contributed by atoms with Gasteiger partial charge in [0.25, 0.3) is 0 Å². The minimum Gasteiger partial charge on any atom is -0.329 e. The van der Waals surface area contributed by atoms with Crippen molar-refractivity contribution in [1.29, 1.82) is 0 Å². The summed E-state index contributed by atoms with van der Waals surface area (Å²) in [4.78, 5) is 2.36. The predicted octanol–water partition coefficient (Wildman–Crippen LogP) is 2.48. The first-order valence-electron chi connectivity index (χ1n) is 6.37. The van der Waals surface area contributed by atoms with Crippen LogP contribution in [0.25, 0.3) is 0 Å². The number of nitrogens with zero attached hydrogens (tertiary/aromatic N) is 1. The molecule has 1 saturated carbocycles. The second kappa shape index (κ2) is 5.31. The van der Waals surface area contributed by atoms with Crippen molar-refractivity contribution in [3.8, 4) is 0 Å². The monoisotopic (exact) mass is 212 g/mol. The van der Waals surface area contributed by atoms with Crippen molar-refractivity contribution >= 4 is 0 Å². The zero-order chi connectivity index (χ0) is 11.5. The lowest BCUT2D eigenvalue weighted by molar-refractivity contribution is 0.0724. The highest BCUT2D eigenvalue weighted by molar-refractivity contribution is 4.94. The van der Waals surface area contributed by atoms with Crippen LogP contribution in [0.1, 0.15) is 46.0 Å². The summed E-state index contributed by atoms with van der Waals surface area (Å²) in [6.45, 7) is 5.47. The summed E-state index contributed by atoms with van der Waals surface area (Å²) in [5, 5.41) is 0. The van der Waals surface area contributed by atoms with Crippen molar-refractivity contribution in [2.45, 2.75) is 51.5 Å². The lowest BCUT2D eigenvalue weighted by Crippen LogP contribution is -2.53. The molecule has 0 amide bonds. The average Bonchev–Trinajstić information content (AvgIpc) is 2.16. The number of likely N-dealkylation sites (N-methyl/N-ethyl adjacent to an activating group) is 1. The molecular weight excluding hydrogens is 184 g/mol. The van der Waals surface area contributed by atoms with Crippen molar-refractivity contribution in [2.75, 3.05) is 20.6 Å². The Morgan fingerprint density at radius 3 is 2.53 bits per heavy atom. The van der Waals surface area contributed by atoms with Gasteiger partial charge in [0, 0.05) is 12.1 Å². The molecule has 2 unspecified atom stereocenters. The Morgan fingerprint density at radius 2 is 2.07 bits per heavy atom. The summed E-state index contributed by atoms with van der Waals surface area (Å²) in [6.07, 6.45) is 6.72. The molecule has 2 atom stereocenters. The molecule has 0 heterocycles. The third-order valence-corrected chi connectivity index (χ3v) is 4.06. The van der Waals surface area contributed by atoms with Crippen LogP contribution in [-0.2, 0) is 0 Å². The Labute approximate surface area is 95.2 Å². The van der Waals surface area contributed by atoms with Crippen molar-refractivity contribution < 1.29 is 0 Å². The molecule has 2 nitrogen and oxygen atoms in total. The molecule has 0 bridgehead atoms. The quantitative estimate of drug-likeness (QED) is 0.776. The molecule has 1 fully saturated rings. The van der Waals surface area contributed by atoms with E-state index in [2.05, 4.69) is 32.8 Å². The van der Waals surface area contributed by atoms with E-state index in [9.17, 15) is 0 Å². The first-order valence-corrected chi connectivity index (χ1v) is 6.37. The van der Waals surface area contributed by atoms with E-state index in [1.807, 2.05) is 0 Å². The first kappa shape index (κ1) is 13.0. The summed E-state index contributed by atoms with van der Waals surface area (Å²) in [7, 11) is 4.37. The van der Waals surface area contributed by atoms with Gasteiger partial charge in [0.15, 0.2) is 0 Å². The maximum atomic E-state index is 5.99. The van der Waals surface area contributed by atoms with Gasteiger partial charge in [-0.3, -0.25) is 0 Å². The molecule has 0 aromatic carbocycles. The third kappa shape index (κ3) is 3.18. The summed E-state index contributed by atoms with van der Waals surface area (Å²) in [5.74, 6) is 1.72. The number of hydrogen-bond acceptors (Lipinski definition) is 2. The van der Waals surface area contributed by atoms with Crippen LogP contribution < -0.4 is 5.73 Å². The fourth-order valence-corrected chi connectivity index (χ4v) is 3.10. The molecule has 0 spiro atoms. The van der Waals surface area contributed by atoms with E-state index >= 15 is 0 Å². The Morgan fingerprint density at radius 1 is 1.40 bits per heavy atom. The van der Waals surface area contributed by atoms with Crippen LogP contribution in [0.5, 0.6) is 0 Å². The molecule has 0 radical (unpaired) electrons. The molecule has 0 aliphatic heterocycles. The van der Waals surface area contributed by atoms with Crippen LogP contribution in [0, 0.1) is 11.8 Å². The van der Waals surface area contributed by atoms with Gasteiger partial charge in [-0.05, 0) is 45.2 Å². The molecule has 1 rings (SSSR count). The highest BCUT2D eigenvalue weighted by atomic mass is 15.2. The number of nitrogens with two attached hydrogens (primary N) is 1. The minimum atomic E-state index is 0.289. The molecule has 0 aromatic rings. The second-order valence-corrected chi connectivity index (χ2v) is 5.91. The first-order chi connectivity index (χ1) is 7.00. The Hall–Kier alpha value is -0.0800. The van der Waals surface area contributed by atoms with Gasteiger partial charge < -0.3 is 10.6 Å². The van der Waals surface area contributed by atoms with Crippen molar-refractivity contribution in [3.05, 3.63) is 0 Å². The zero-order valence-corrected chi connectivity index (χ0v) is 10.9. The van der Waals surface area contributed by atoms with Gasteiger partial charge in [0.1, 0.15) is 0 Å². The molecule has 1 aliphatic rings. The maximum absolute atomic E-state index is 5.99. The van der Waals surface area contributed by atoms with Crippen LogP contribution in [0.3, 0.4) is 0 Å². The van der Waals surface area contributed by atoms with E-state index in [4.69, 9.17) is 5.73 Å². The summed E-state index contributed by atoms with van der Waals surface area (Å²) in [6, 6.07) is 0. The van der Waals surface area contributed by atoms with Crippen LogP contribution in [0.2, 0.25) is 0 Å². The lowest BCUT2D eigenvalue weighted by atomic mass is 9.72. The Balaban J connectivity index is 2.60. The molecular formula is C13H28N2. The van der Waals surface area contributed by atoms with E-state index in [0.29, 0.717) is 0 Å². The van der Waals surface area contributed by atoms with Crippen molar-refractivity contribution in [3.63, 3.8) is 0 Å². The molecule has 2 N–H and O–H groups in total. The van der Waals surface area contributed by atoms with Gasteiger partial charge in [0.2, 0.25) is 0 Å². The fourth-order valence-electron chi connectivity index (χ4n) is 3.10. The normalized spacial score (nSPS) is 32.6. The topological polar surface area (TPSA) is 29.3 Å². The molecule has 15 heavy (non-hydrogen) atoms. The van der Waals surface area contributed by atoms with Gasteiger partial charge in [0.05, 0.1) is 0 Å². The van der Waals surface area contributed by atoms with Crippen LogP contribution in [0.15, 0.2) is 0 Å². The second-order valence-electron chi connectivity index (χ2n) is 5.91. The molecule has 1 aliphatic carbocycles. The van der Waals surface area contributed by atoms with E-state index in [0.717, 1.165) is 18.4 Å². The SMILES string of the molecule is CC(C)CC1CCCC(CN)(N(C)C)C1. The van der Waals surface area contributed by atoms with Gasteiger partial charge in [-0.25, -0.2) is 0 Å². The van der Waals surface area contributed by atoms with E-state index < -0.39 is 0 Å². The summed E-state index contributed by atoms with van der Waals surface area (Å²) >= 11 is 0. The van der Waals surface area contributed by atoms with E-state index in [1.165, 1.54) is 32.1 Å². The minimum absolute atomic E-state index is 0.289. The fraction of sp³-hybridized carbons (Fsp3) is 1.00. The molecule has 2 heteroatoms. The maximum Gasteiger partial charge on any atom is 0.0328 e. The van der Waals surface area contributed by atoms with Gasteiger partial charge in [-0.15, -0.1) is 0 Å². The lowest BCUT2D eigenvalue weighted by Gasteiger charge is -2.45. The Bertz CT molecular complexity index is 189. The highest BCUT2D eigenvalue weighted by Gasteiger charge is 2.36. The van der Waals surface area contributed by atoms with Gasteiger partial charge in [-0.1, -0.05) is 26.7 Å². The zero-order valence-electron chi connectivity index (χ0n) is 10.9. The standard InChI is InChI=1S/C13H28N2/c1-11(2)8-12-6-5-7-13(9-12,10-14)15(3)4/h11-12H,5-10,14H2,1-4H3. The average molecular weight is 212 g/mol. The van der Waals surface area contributed by atoms with E-state index in [-0.39, 0.29) is 5.54 Å². The van der Waals surface area contributed by atoms with Crippen molar-refractivity contribution in [2.24, 2.45) is 17.6 Å². The van der Waals surface area contributed by atoms with Crippen LogP contribution >= 0.6 is 0 Å². The molecule has 0 aromatic heterocycles. The van der Waals surface area contributed by atoms with Gasteiger partial charge in [-0.2, -0.15) is 0 Å². The molecule has 90 valence electrons. The van der Waals surface area contributed by atoms with Crippen molar-refractivity contribution in [1.82, 2.24) is 4.90 Å². The van der Waals surface area contributed by atoms with E-state index in [1.54, 1.807) is 0 Å². The number of hydrogen-bond donors (Lipinski definition) is 1. The van der Waals surface area contributed by atoms with Crippen LogP contribution in [-0.4, -0.2) is 31.1 Å². The molecule has 0 saturated heterocycles. The summed E-state index contributed by atoms with van der Waals surface area (Å²) < 4.78 is 0. The van der Waals surface area contributed by atoms with Gasteiger partial charge >= 0.3 is 0 Å².